The van der Waals surface area contributed by atoms with E-state index in [9.17, 15) is 0 Å². The minimum atomic E-state index is 0.319. The molecule has 0 saturated carbocycles. The van der Waals surface area contributed by atoms with E-state index in [-0.39, 0.29) is 0 Å². The minimum Gasteiger partial charge on any atom is -0.379 e. The van der Waals surface area contributed by atoms with Crippen molar-refractivity contribution in [3.8, 4) is 0 Å². The quantitative estimate of drug-likeness (QED) is 0.637. The van der Waals surface area contributed by atoms with E-state index in [1.165, 1.54) is 0 Å². The Morgan fingerprint density at radius 3 is 2.47 bits per heavy atom. The Balaban J connectivity index is 1.89. The molecule has 0 N–H and O–H groups in total. The maximum Gasteiger partial charge on any atom is 0.0637 e. The van der Waals surface area contributed by atoms with Crippen LogP contribution in [0.15, 0.2) is 0 Å². The van der Waals surface area contributed by atoms with Crippen molar-refractivity contribution in [1.29, 1.82) is 0 Å². The Bertz CT molecular complexity index is 195. The van der Waals surface area contributed by atoms with E-state index in [0.29, 0.717) is 12.1 Å². The fraction of sp³-hybridized carbons (Fsp3) is 0.909. The summed E-state index contributed by atoms with van der Waals surface area (Å²) in [7, 11) is 2.16. The molecule has 0 aliphatic carbocycles. The highest BCUT2D eigenvalue weighted by atomic mass is 16.5. The van der Waals surface area contributed by atoms with Crippen molar-refractivity contribution < 1.29 is 9.47 Å². The van der Waals surface area contributed by atoms with Gasteiger partial charge in [-0.3, -0.25) is 9.80 Å². The lowest BCUT2D eigenvalue weighted by atomic mass is 10.1. The molecule has 4 nitrogen and oxygen atoms in total. The molecule has 2 saturated heterocycles. The van der Waals surface area contributed by atoms with E-state index in [0.717, 1.165) is 46.1 Å². The van der Waals surface area contributed by atoms with Crippen molar-refractivity contribution in [3.63, 3.8) is 0 Å². The molecule has 2 aliphatic heterocycles. The van der Waals surface area contributed by atoms with Crippen LogP contribution in [0.2, 0.25) is 0 Å². The number of nitrogens with zero attached hydrogens (tertiary/aromatic N) is 2. The molecule has 2 heterocycles. The lowest BCUT2D eigenvalue weighted by Crippen LogP contribution is -2.56. The third-order valence-corrected chi connectivity index (χ3v) is 3.40. The van der Waals surface area contributed by atoms with Crippen LogP contribution >= 0.6 is 0 Å². The third-order valence-electron chi connectivity index (χ3n) is 3.40. The SMILES string of the molecule is [CH2]C(C1COCCN1C)N1CCOCC1. The maximum absolute atomic E-state index is 5.52. The van der Waals surface area contributed by atoms with E-state index in [1.807, 2.05) is 0 Å². The van der Waals surface area contributed by atoms with Gasteiger partial charge in [0.1, 0.15) is 0 Å². The summed E-state index contributed by atoms with van der Waals surface area (Å²) in [5.41, 5.74) is 0. The number of likely N-dealkylation sites (N-methyl/N-ethyl adjacent to an activating group) is 1. The first-order valence-corrected chi connectivity index (χ1v) is 5.72. The molecule has 2 atom stereocenters. The largest absolute Gasteiger partial charge is 0.379 e. The molecule has 15 heavy (non-hydrogen) atoms. The first-order chi connectivity index (χ1) is 7.29. The summed E-state index contributed by atoms with van der Waals surface area (Å²) in [5.74, 6) is 0. The van der Waals surface area contributed by atoms with Gasteiger partial charge in [0.2, 0.25) is 0 Å². The van der Waals surface area contributed by atoms with Crippen molar-refractivity contribution in [1.82, 2.24) is 9.80 Å². The van der Waals surface area contributed by atoms with Gasteiger partial charge >= 0.3 is 0 Å². The normalized spacial score (nSPS) is 32.8. The topological polar surface area (TPSA) is 24.9 Å². The summed E-state index contributed by atoms with van der Waals surface area (Å²) in [6.45, 7) is 10.6. The molecule has 1 radical (unpaired) electrons. The molecular formula is C11H21N2O2. The fourth-order valence-corrected chi connectivity index (χ4v) is 2.26. The van der Waals surface area contributed by atoms with Gasteiger partial charge in [0.25, 0.3) is 0 Å². The highest BCUT2D eigenvalue weighted by molar-refractivity contribution is 4.89. The number of hydrogen-bond acceptors (Lipinski definition) is 4. The highest BCUT2D eigenvalue weighted by Gasteiger charge is 2.30. The lowest BCUT2D eigenvalue weighted by molar-refractivity contribution is -0.0441. The molecule has 0 bridgehead atoms. The molecule has 0 spiro atoms. The van der Waals surface area contributed by atoms with Crippen molar-refractivity contribution in [3.05, 3.63) is 6.92 Å². The first kappa shape index (κ1) is 11.3. The van der Waals surface area contributed by atoms with Crippen LogP contribution in [0.3, 0.4) is 0 Å². The third kappa shape index (κ3) is 2.69. The van der Waals surface area contributed by atoms with E-state index in [1.54, 1.807) is 0 Å². The molecule has 0 aromatic rings. The van der Waals surface area contributed by atoms with Crippen LogP contribution < -0.4 is 0 Å². The standard InChI is InChI=1S/C11H21N2O2/c1-10(13-4-7-14-8-5-13)11-9-15-6-3-12(11)2/h10-11H,1,3-9H2,2H3. The zero-order chi connectivity index (χ0) is 10.7. The average Bonchev–Trinajstić information content (AvgIpc) is 2.30. The zero-order valence-corrected chi connectivity index (χ0v) is 9.52. The van der Waals surface area contributed by atoms with Crippen LogP contribution in [0.4, 0.5) is 0 Å². The summed E-state index contributed by atoms with van der Waals surface area (Å²) < 4.78 is 10.9. The summed E-state index contributed by atoms with van der Waals surface area (Å²) in [6, 6.07) is 0.746. The van der Waals surface area contributed by atoms with Gasteiger partial charge in [0, 0.05) is 31.7 Å². The fourth-order valence-electron chi connectivity index (χ4n) is 2.26. The van der Waals surface area contributed by atoms with Crippen molar-refractivity contribution in [2.75, 3.05) is 53.1 Å². The molecule has 87 valence electrons. The van der Waals surface area contributed by atoms with Crippen molar-refractivity contribution in [2.24, 2.45) is 0 Å². The second-order valence-corrected chi connectivity index (χ2v) is 4.34. The molecule has 0 aromatic heterocycles. The zero-order valence-electron chi connectivity index (χ0n) is 9.52. The average molecular weight is 213 g/mol. The Morgan fingerprint density at radius 2 is 1.80 bits per heavy atom. The Morgan fingerprint density at radius 1 is 1.13 bits per heavy atom. The van der Waals surface area contributed by atoms with Crippen LogP contribution in [-0.4, -0.2) is 75.0 Å². The van der Waals surface area contributed by atoms with Crippen LogP contribution in [0.1, 0.15) is 0 Å². The second kappa shape index (κ2) is 5.25. The summed E-state index contributed by atoms with van der Waals surface area (Å²) in [4.78, 5) is 4.76. The molecule has 4 heteroatoms. The van der Waals surface area contributed by atoms with Crippen molar-refractivity contribution in [2.45, 2.75) is 12.1 Å². The van der Waals surface area contributed by atoms with Crippen LogP contribution in [-0.2, 0) is 9.47 Å². The van der Waals surface area contributed by atoms with Gasteiger partial charge in [-0.1, -0.05) is 0 Å². The maximum atomic E-state index is 5.52. The van der Waals surface area contributed by atoms with Gasteiger partial charge in [-0.25, -0.2) is 0 Å². The van der Waals surface area contributed by atoms with Crippen molar-refractivity contribution >= 4 is 0 Å². The Kier molecular flexibility index (Phi) is 3.97. The van der Waals surface area contributed by atoms with Gasteiger partial charge in [-0.05, 0) is 14.0 Å². The smallest absolute Gasteiger partial charge is 0.0637 e. The first-order valence-electron chi connectivity index (χ1n) is 5.72. The van der Waals surface area contributed by atoms with Gasteiger partial charge in [-0.2, -0.15) is 0 Å². The Labute approximate surface area is 92.1 Å². The number of morpholine rings is 2. The van der Waals surface area contributed by atoms with Gasteiger partial charge in [0.15, 0.2) is 0 Å². The van der Waals surface area contributed by atoms with E-state index in [4.69, 9.17) is 9.47 Å². The molecule has 0 amide bonds. The minimum absolute atomic E-state index is 0.319. The molecule has 2 unspecified atom stereocenters. The molecule has 0 aromatic carbocycles. The van der Waals surface area contributed by atoms with Crippen LogP contribution in [0.5, 0.6) is 0 Å². The van der Waals surface area contributed by atoms with E-state index in [2.05, 4.69) is 23.8 Å². The molecule has 2 aliphatic rings. The van der Waals surface area contributed by atoms with E-state index >= 15 is 0 Å². The predicted octanol–water partition coefficient (Wildman–Crippen LogP) is -0.148. The number of hydrogen-bond donors (Lipinski definition) is 0. The molecule has 2 rings (SSSR count). The van der Waals surface area contributed by atoms with Gasteiger partial charge in [-0.15, -0.1) is 0 Å². The van der Waals surface area contributed by atoms with Crippen LogP contribution in [0, 0.1) is 6.92 Å². The monoisotopic (exact) mass is 213 g/mol. The number of rotatable bonds is 2. The van der Waals surface area contributed by atoms with Gasteiger partial charge in [0.05, 0.1) is 26.4 Å². The molecule has 2 fully saturated rings. The highest BCUT2D eigenvalue weighted by Crippen LogP contribution is 2.14. The summed E-state index contributed by atoms with van der Waals surface area (Å²) in [6.07, 6.45) is 0. The number of ether oxygens (including phenoxy) is 2. The van der Waals surface area contributed by atoms with Gasteiger partial charge < -0.3 is 9.47 Å². The summed E-state index contributed by atoms with van der Waals surface area (Å²) in [5, 5.41) is 0. The Hall–Kier alpha value is -0.160. The second-order valence-electron chi connectivity index (χ2n) is 4.34. The van der Waals surface area contributed by atoms with Crippen LogP contribution in [0.25, 0.3) is 0 Å². The molecular weight excluding hydrogens is 192 g/mol. The summed E-state index contributed by atoms with van der Waals surface area (Å²) >= 11 is 0. The predicted molar refractivity (Wildman–Crippen MR) is 58.8 cm³/mol. The van der Waals surface area contributed by atoms with E-state index < -0.39 is 0 Å². The lowest BCUT2D eigenvalue weighted by Gasteiger charge is -2.42.